The van der Waals surface area contributed by atoms with Crippen molar-refractivity contribution in [3.63, 3.8) is 0 Å². The number of carbonyl (C=O) groups excluding carboxylic acids is 1. The van der Waals surface area contributed by atoms with E-state index in [-0.39, 0.29) is 17.4 Å². The normalized spacial score (nSPS) is 45.3. The van der Waals surface area contributed by atoms with Gasteiger partial charge in [-0.15, -0.1) is 11.6 Å². The molecule has 3 saturated heterocycles. The van der Waals surface area contributed by atoms with Crippen LogP contribution in [-0.4, -0.2) is 41.0 Å². The fraction of sp³-hybridized carbons (Fsp3) is 0.923. The van der Waals surface area contributed by atoms with Crippen LogP contribution in [-0.2, 0) is 9.53 Å². The third-order valence-electron chi connectivity index (χ3n) is 4.56. The van der Waals surface area contributed by atoms with Gasteiger partial charge in [0.2, 0.25) is 0 Å². The summed E-state index contributed by atoms with van der Waals surface area (Å²) in [5.41, 5.74) is 0. The van der Waals surface area contributed by atoms with Gasteiger partial charge in [0.25, 0.3) is 5.91 Å². The summed E-state index contributed by atoms with van der Waals surface area (Å²) in [7, 11) is 0. The molecule has 2 bridgehead atoms. The number of piperidine rings is 1. The Morgan fingerprint density at radius 1 is 1.24 bits per heavy atom. The number of nitrogens with zero attached hydrogens (tertiary/aromatic N) is 1. The average Bonchev–Trinajstić information content (AvgIpc) is 2.81. The van der Waals surface area contributed by atoms with Gasteiger partial charge < -0.3 is 9.64 Å². The maximum absolute atomic E-state index is 12.5. The molecule has 4 atom stereocenters. The first-order chi connectivity index (χ1) is 8.16. The Balaban J connectivity index is 1.74. The highest BCUT2D eigenvalue weighted by molar-refractivity contribution is 6.20. The van der Waals surface area contributed by atoms with Gasteiger partial charge in [0.15, 0.2) is 0 Å². The summed E-state index contributed by atoms with van der Waals surface area (Å²) < 4.78 is 5.61. The predicted molar refractivity (Wildman–Crippen MR) is 66.1 cm³/mol. The first-order valence-corrected chi connectivity index (χ1v) is 7.18. The summed E-state index contributed by atoms with van der Waals surface area (Å²) in [5, 5.41) is 0.262. The molecule has 17 heavy (non-hydrogen) atoms. The Morgan fingerprint density at radius 2 is 1.88 bits per heavy atom. The van der Waals surface area contributed by atoms with Crippen molar-refractivity contribution in [3.8, 4) is 0 Å². The number of hydrogen-bond acceptors (Lipinski definition) is 2. The van der Waals surface area contributed by atoms with Crippen LogP contribution >= 0.6 is 11.6 Å². The van der Waals surface area contributed by atoms with Gasteiger partial charge in [-0.2, -0.15) is 0 Å². The third-order valence-corrected chi connectivity index (χ3v) is 4.92. The molecule has 3 nitrogen and oxygen atoms in total. The summed E-state index contributed by atoms with van der Waals surface area (Å²) in [6, 6.07) is 0.750. The van der Waals surface area contributed by atoms with E-state index in [2.05, 4.69) is 11.8 Å². The SMILES string of the molecule is CC1CCOC1C(=O)N1C2CCC1CC(Cl)C2. The monoisotopic (exact) mass is 257 g/mol. The van der Waals surface area contributed by atoms with Crippen LogP contribution in [0.25, 0.3) is 0 Å². The van der Waals surface area contributed by atoms with Crippen molar-refractivity contribution in [3.05, 3.63) is 0 Å². The largest absolute Gasteiger partial charge is 0.368 e. The zero-order valence-electron chi connectivity index (χ0n) is 10.3. The van der Waals surface area contributed by atoms with Gasteiger partial charge in [0, 0.05) is 24.1 Å². The summed E-state index contributed by atoms with van der Waals surface area (Å²) in [4.78, 5) is 14.6. The minimum atomic E-state index is -0.190. The molecule has 3 heterocycles. The van der Waals surface area contributed by atoms with E-state index < -0.39 is 0 Å². The van der Waals surface area contributed by atoms with Gasteiger partial charge >= 0.3 is 0 Å². The van der Waals surface area contributed by atoms with Crippen molar-refractivity contribution in [1.29, 1.82) is 0 Å². The molecule has 3 aliphatic heterocycles. The lowest BCUT2D eigenvalue weighted by molar-refractivity contribution is -0.146. The predicted octanol–water partition coefficient (Wildman–Crippen LogP) is 2.17. The fourth-order valence-electron chi connectivity index (χ4n) is 3.63. The standard InChI is InChI=1S/C13H20ClNO2/c1-8-4-5-17-12(8)13(16)15-10-2-3-11(15)7-9(14)6-10/h8-12H,2-7H2,1H3. The number of rotatable bonds is 1. The quantitative estimate of drug-likeness (QED) is 0.674. The highest BCUT2D eigenvalue weighted by atomic mass is 35.5. The maximum Gasteiger partial charge on any atom is 0.252 e. The van der Waals surface area contributed by atoms with Gasteiger partial charge in [-0.1, -0.05) is 6.92 Å². The summed E-state index contributed by atoms with van der Waals surface area (Å²) >= 11 is 6.24. The number of ether oxygens (including phenoxy) is 1. The van der Waals surface area contributed by atoms with E-state index in [0.717, 1.165) is 38.7 Å². The molecule has 4 unspecified atom stereocenters. The van der Waals surface area contributed by atoms with Crippen molar-refractivity contribution in [2.75, 3.05) is 6.61 Å². The second kappa shape index (κ2) is 4.43. The first-order valence-electron chi connectivity index (χ1n) is 6.74. The number of fused-ring (bicyclic) bond motifs is 2. The van der Waals surface area contributed by atoms with Crippen LogP contribution in [0.2, 0.25) is 0 Å². The van der Waals surface area contributed by atoms with Gasteiger partial charge in [-0.3, -0.25) is 4.79 Å². The molecule has 3 fully saturated rings. The van der Waals surface area contributed by atoms with Crippen molar-refractivity contribution >= 4 is 17.5 Å². The van der Waals surface area contributed by atoms with Crippen LogP contribution in [0.1, 0.15) is 39.0 Å². The van der Waals surface area contributed by atoms with Gasteiger partial charge in [0.1, 0.15) is 6.10 Å². The molecule has 0 radical (unpaired) electrons. The summed E-state index contributed by atoms with van der Waals surface area (Å²) in [6.07, 6.45) is 5.00. The van der Waals surface area contributed by atoms with Gasteiger partial charge in [-0.05, 0) is 38.0 Å². The lowest BCUT2D eigenvalue weighted by Crippen LogP contribution is -2.51. The Labute approximate surface area is 107 Å². The molecule has 0 aromatic heterocycles. The number of carbonyl (C=O) groups is 1. The van der Waals surface area contributed by atoms with E-state index in [9.17, 15) is 4.79 Å². The minimum Gasteiger partial charge on any atom is -0.368 e. The fourth-order valence-corrected chi connectivity index (χ4v) is 4.04. The molecule has 3 rings (SSSR count). The Morgan fingerprint density at radius 3 is 2.41 bits per heavy atom. The Kier molecular flexibility index (Phi) is 3.07. The molecule has 0 aromatic carbocycles. The molecular weight excluding hydrogens is 238 g/mol. The Bertz CT molecular complexity index is 309. The molecule has 1 amide bonds. The van der Waals surface area contributed by atoms with E-state index in [0.29, 0.717) is 18.0 Å². The highest BCUT2D eigenvalue weighted by Gasteiger charge is 2.46. The molecule has 3 aliphatic rings. The van der Waals surface area contributed by atoms with Crippen LogP contribution in [0.5, 0.6) is 0 Å². The molecular formula is C13H20ClNO2. The topological polar surface area (TPSA) is 29.5 Å². The molecule has 0 aliphatic carbocycles. The van der Waals surface area contributed by atoms with E-state index in [1.807, 2.05) is 0 Å². The smallest absolute Gasteiger partial charge is 0.252 e. The van der Waals surface area contributed by atoms with E-state index in [4.69, 9.17) is 16.3 Å². The molecule has 0 N–H and O–H groups in total. The van der Waals surface area contributed by atoms with Crippen LogP contribution in [0, 0.1) is 5.92 Å². The minimum absolute atomic E-state index is 0.190. The lowest BCUT2D eigenvalue weighted by atomic mass is 9.98. The number of halogens is 1. The van der Waals surface area contributed by atoms with Gasteiger partial charge in [-0.25, -0.2) is 0 Å². The summed E-state index contributed by atoms with van der Waals surface area (Å²) in [6.45, 7) is 2.85. The van der Waals surface area contributed by atoms with Crippen LogP contribution in [0.3, 0.4) is 0 Å². The molecule has 0 aromatic rings. The maximum atomic E-state index is 12.5. The summed E-state index contributed by atoms with van der Waals surface area (Å²) in [5.74, 6) is 0.599. The van der Waals surface area contributed by atoms with Crippen LogP contribution < -0.4 is 0 Å². The third kappa shape index (κ3) is 1.97. The zero-order valence-corrected chi connectivity index (χ0v) is 11.0. The lowest BCUT2D eigenvalue weighted by Gasteiger charge is -2.38. The molecule has 0 saturated carbocycles. The Hall–Kier alpha value is -0.280. The number of alkyl halides is 1. The van der Waals surface area contributed by atoms with Crippen molar-refractivity contribution in [2.24, 2.45) is 5.92 Å². The van der Waals surface area contributed by atoms with Crippen molar-refractivity contribution in [1.82, 2.24) is 4.90 Å². The molecule has 4 heteroatoms. The van der Waals surface area contributed by atoms with Crippen LogP contribution in [0.15, 0.2) is 0 Å². The van der Waals surface area contributed by atoms with E-state index in [1.54, 1.807) is 0 Å². The zero-order chi connectivity index (χ0) is 12.0. The van der Waals surface area contributed by atoms with Crippen molar-refractivity contribution in [2.45, 2.75) is 62.6 Å². The first kappa shape index (κ1) is 11.8. The van der Waals surface area contributed by atoms with Gasteiger partial charge in [0.05, 0.1) is 0 Å². The van der Waals surface area contributed by atoms with E-state index in [1.165, 1.54) is 0 Å². The van der Waals surface area contributed by atoms with Crippen molar-refractivity contribution < 1.29 is 9.53 Å². The second-order valence-electron chi connectivity index (χ2n) is 5.76. The molecule has 96 valence electrons. The second-order valence-corrected chi connectivity index (χ2v) is 6.37. The van der Waals surface area contributed by atoms with E-state index >= 15 is 0 Å². The number of hydrogen-bond donors (Lipinski definition) is 0. The molecule has 0 spiro atoms. The number of amides is 1. The van der Waals surface area contributed by atoms with Crippen LogP contribution in [0.4, 0.5) is 0 Å². The average molecular weight is 258 g/mol. The highest BCUT2D eigenvalue weighted by Crippen LogP contribution is 2.39.